The summed E-state index contributed by atoms with van der Waals surface area (Å²) in [4.78, 5) is 4.23. The highest BCUT2D eigenvalue weighted by Crippen LogP contribution is 2.17. The van der Waals surface area contributed by atoms with Gasteiger partial charge in [0.2, 0.25) is 0 Å². The Bertz CT molecular complexity index is 720. The van der Waals surface area contributed by atoms with Gasteiger partial charge in [0.25, 0.3) is 0 Å². The van der Waals surface area contributed by atoms with Crippen LogP contribution in [-0.2, 0) is 6.37 Å². The van der Waals surface area contributed by atoms with Gasteiger partial charge in [-0.3, -0.25) is 4.98 Å². The first-order valence-electron chi connectivity index (χ1n) is 9.26. The first-order valence-corrected chi connectivity index (χ1v) is 6.76. The van der Waals surface area contributed by atoms with Gasteiger partial charge in [0.05, 0.1) is 14.5 Å². The molecule has 2 heteroatoms. The van der Waals surface area contributed by atoms with Gasteiger partial charge in [0.15, 0.2) is 0 Å². The average molecular weight is 248 g/mol. The highest BCUT2D eigenvalue weighted by Gasteiger charge is 2.09. The summed E-state index contributed by atoms with van der Waals surface area (Å²) in [6, 6.07) is 10.5. The Hall–Kier alpha value is -1.41. The third kappa shape index (κ3) is 2.64. The zero-order valence-electron chi connectivity index (χ0n) is 17.5. The number of benzene rings is 1. The first kappa shape index (κ1) is 5.49. The Morgan fingerprint density at radius 1 is 1.29 bits per heavy atom. The molecule has 0 aliphatic rings. The predicted octanol–water partition coefficient (Wildman–Crippen LogP) is 3.27. The van der Waals surface area contributed by atoms with Crippen LogP contribution >= 0.6 is 0 Å². The quantitative estimate of drug-likeness (QED) is 0.760. The monoisotopic (exact) mass is 248 g/mol. The Labute approximate surface area is 116 Å². The summed E-state index contributed by atoms with van der Waals surface area (Å²) in [5.41, 5.74) is 1.29. The van der Waals surface area contributed by atoms with E-state index in [1.807, 2.05) is 18.2 Å². The molecule has 1 aromatic carbocycles. The molecule has 17 heavy (non-hydrogen) atoms. The van der Waals surface area contributed by atoms with Gasteiger partial charge in [-0.1, -0.05) is 50.2 Å². The minimum absolute atomic E-state index is 0.00261. The van der Waals surface area contributed by atoms with Crippen LogP contribution in [0.2, 0.25) is 13.0 Å². The van der Waals surface area contributed by atoms with E-state index in [1.54, 1.807) is 12.1 Å². The van der Waals surface area contributed by atoms with E-state index < -0.39 is 28.1 Å². The van der Waals surface area contributed by atoms with Crippen molar-refractivity contribution in [3.8, 4) is 11.3 Å². The fraction of sp³-hybridized carbons (Fsp3) is 0.267. The molecule has 0 fully saturated rings. The molecule has 0 aliphatic carbocycles. The molecule has 1 aromatic heterocycles. The van der Waals surface area contributed by atoms with Crippen molar-refractivity contribution in [1.29, 1.82) is 0 Å². The van der Waals surface area contributed by atoms with Crippen LogP contribution in [0.5, 0.6) is 0 Å². The molecule has 2 aromatic rings. The van der Waals surface area contributed by atoms with Crippen molar-refractivity contribution in [2.75, 3.05) is 0 Å². The normalized spacial score (nSPS) is 20.1. The fourth-order valence-corrected chi connectivity index (χ4v) is 2.29. The molecule has 0 amide bonds. The molecule has 0 saturated carbocycles. The summed E-state index contributed by atoms with van der Waals surface area (Å²) in [6.45, 7) is -4.11. The third-order valence-electron chi connectivity index (χ3n) is 2.51. The summed E-state index contributed by atoms with van der Waals surface area (Å²) in [5, 5.41) is -0.00261. The van der Waals surface area contributed by atoms with E-state index >= 15 is 0 Å². The standard InChI is InChI=1S/C15H18NSi/c1-4-12-10-14(13-8-6-5-7-9-13)16-11-15(12)17(2)3/h5-11H,4H2,1-3H3/i2D3,3D3,4D2. The lowest BCUT2D eigenvalue weighted by atomic mass is 10.1. The van der Waals surface area contributed by atoms with Crippen LogP contribution < -0.4 is 5.19 Å². The number of hydrogen-bond donors (Lipinski definition) is 0. The van der Waals surface area contributed by atoms with Gasteiger partial charge in [-0.2, -0.15) is 0 Å². The fourth-order valence-electron chi connectivity index (χ4n) is 1.63. The summed E-state index contributed by atoms with van der Waals surface area (Å²) in [7, 11) is -3.07. The van der Waals surface area contributed by atoms with Crippen LogP contribution in [0.1, 0.15) is 23.5 Å². The second kappa shape index (κ2) is 5.28. The maximum Gasteiger partial charge on any atom is 0.0816 e. The van der Waals surface area contributed by atoms with Crippen LogP contribution in [0.4, 0.5) is 0 Å². The van der Waals surface area contributed by atoms with E-state index in [1.165, 1.54) is 19.2 Å². The van der Waals surface area contributed by atoms with Crippen LogP contribution in [0.3, 0.4) is 0 Å². The highest BCUT2D eigenvalue weighted by molar-refractivity contribution is 6.71. The maximum atomic E-state index is 8.06. The van der Waals surface area contributed by atoms with Gasteiger partial charge >= 0.3 is 0 Å². The second-order valence-electron chi connectivity index (χ2n) is 3.61. The van der Waals surface area contributed by atoms with E-state index in [-0.39, 0.29) is 10.8 Å². The molecular formula is C15H18NSi. The van der Waals surface area contributed by atoms with Crippen molar-refractivity contribution in [2.45, 2.75) is 26.2 Å². The average Bonchev–Trinajstić information content (AvgIpc) is 2.44. The van der Waals surface area contributed by atoms with Gasteiger partial charge < -0.3 is 0 Å². The molecule has 0 unspecified atom stereocenters. The van der Waals surface area contributed by atoms with Gasteiger partial charge in [-0.15, -0.1) is 0 Å². The smallest absolute Gasteiger partial charge is 0.0816 e. The lowest BCUT2D eigenvalue weighted by Gasteiger charge is -2.11. The van der Waals surface area contributed by atoms with Crippen molar-refractivity contribution in [3.63, 3.8) is 0 Å². The number of pyridine rings is 1. The molecule has 87 valence electrons. The molecule has 0 saturated heterocycles. The number of rotatable bonds is 3. The van der Waals surface area contributed by atoms with Gasteiger partial charge in [-0.25, -0.2) is 0 Å². The molecule has 2 rings (SSSR count). The molecule has 1 radical (unpaired) electrons. The molecular weight excluding hydrogens is 222 g/mol. The van der Waals surface area contributed by atoms with Crippen molar-refractivity contribution >= 4 is 14.0 Å². The van der Waals surface area contributed by atoms with E-state index in [9.17, 15) is 0 Å². The molecule has 0 bridgehead atoms. The van der Waals surface area contributed by atoms with Crippen LogP contribution in [0, 0.1) is 0 Å². The van der Waals surface area contributed by atoms with Gasteiger partial charge in [0.1, 0.15) is 0 Å². The SMILES string of the molecule is [2H]C([2H])(C)c1cc(-c2ccccc2)ncc1[Si](C([2H])([2H])[2H])C([2H])([2H])[2H]. The molecule has 0 N–H and O–H groups in total. The van der Waals surface area contributed by atoms with Crippen LogP contribution in [-0.4, -0.2) is 13.8 Å². The number of nitrogens with zero attached hydrogens (tertiary/aromatic N) is 1. The molecule has 1 heterocycles. The third-order valence-corrected chi connectivity index (χ3v) is 3.45. The van der Waals surface area contributed by atoms with Crippen LogP contribution in [0.15, 0.2) is 42.6 Å². The lowest BCUT2D eigenvalue weighted by Crippen LogP contribution is -2.27. The predicted molar refractivity (Wildman–Crippen MR) is 76.2 cm³/mol. The summed E-state index contributed by atoms with van der Waals surface area (Å²) in [5.74, 6) is 0. The number of aryl methyl sites for hydroxylation is 1. The Kier molecular flexibility index (Phi) is 1.70. The van der Waals surface area contributed by atoms with E-state index in [0.29, 0.717) is 5.69 Å². The van der Waals surface area contributed by atoms with Crippen LogP contribution in [0.25, 0.3) is 11.3 Å². The first-order chi connectivity index (χ1) is 11.3. The zero-order valence-corrected chi connectivity index (χ0v) is 10.5. The van der Waals surface area contributed by atoms with E-state index in [2.05, 4.69) is 4.98 Å². The largest absolute Gasteiger partial charge is 0.256 e. The van der Waals surface area contributed by atoms with E-state index in [4.69, 9.17) is 11.0 Å². The molecule has 0 atom stereocenters. The lowest BCUT2D eigenvalue weighted by molar-refractivity contribution is 1.13. The van der Waals surface area contributed by atoms with Crippen molar-refractivity contribution < 1.29 is 11.0 Å². The molecule has 0 aliphatic heterocycles. The number of aromatic nitrogens is 1. The topological polar surface area (TPSA) is 12.9 Å². The Morgan fingerprint density at radius 2 is 2.06 bits per heavy atom. The van der Waals surface area contributed by atoms with Crippen molar-refractivity contribution in [2.24, 2.45) is 0 Å². The van der Waals surface area contributed by atoms with E-state index in [0.717, 1.165) is 5.56 Å². The summed E-state index contributed by atoms with van der Waals surface area (Å²) in [6.07, 6.45) is -0.666. The highest BCUT2D eigenvalue weighted by atomic mass is 28.3. The summed E-state index contributed by atoms with van der Waals surface area (Å²) < 4.78 is 62.1. The number of hydrogen-bond acceptors (Lipinski definition) is 1. The summed E-state index contributed by atoms with van der Waals surface area (Å²) >= 11 is 0. The molecule has 0 spiro atoms. The minimum atomic E-state index is -3.07. The second-order valence-corrected chi connectivity index (χ2v) is 4.89. The van der Waals surface area contributed by atoms with Gasteiger partial charge in [0, 0.05) is 22.7 Å². The van der Waals surface area contributed by atoms with Crippen molar-refractivity contribution in [3.05, 3.63) is 48.2 Å². The van der Waals surface area contributed by atoms with Gasteiger partial charge in [-0.05, 0) is 23.2 Å². The Balaban J connectivity index is 2.70. The van der Waals surface area contributed by atoms with Crippen molar-refractivity contribution in [1.82, 2.24) is 4.98 Å². The Morgan fingerprint density at radius 3 is 2.71 bits per heavy atom. The minimum Gasteiger partial charge on any atom is -0.256 e. The zero-order chi connectivity index (χ0) is 19.0. The molecule has 1 nitrogen and oxygen atoms in total. The maximum absolute atomic E-state index is 8.06.